The molecule has 0 spiro atoms. The van der Waals surface area contributed by atoms with Gasteiger partial charge in [0, 0.05) is 6.54 Å². The fourth-order valence-corrected chi connectivity index (χ4v) is 1.21. The topological polar surface area (TPSA) is 61.0 Å². The largest absolute Gasteiger partial charge is 0.352 e. The van der Waals surface area contributed by atoms with Gasteiger partial charge in [0.25, 0.3) is 0 Å². The Morgan fingerprint density at radius 3 is 3.00 bits per heavy atom. The number of amides is 1. The van der Waals surface area contributed by atoms with Gasteiger partial charge in [0.15, 0.2) is 0 Å². The summed E-state index contributed by atoms with van der Waals surface area (Å²) in [4.78, 5) is 11.1. The second-order valence-corrected chi connectivity index (χ2v) is 2.64. The lowest BCUT2D eigenvalue weighted by Crippen LogP contribution is -2.41. The number of nitrogens with one attached hydrogen (secondary N) is 2. The minimum atomic E-state index is -0.238. The molecule has 4 nitrogen and oxygen atoms in total. The minimum Gasteiger partial charge on any atom is -0.352 e. The summed E-state index contributed by atoms with van der Waals surface area (Å²) >= 11 is 0. The zero-order valence-corrected chi connectivity index (χ0v) is 6.43. The van der Waals surface area contributed by atoms with Crippen LogP contribution in [0, 0.1) is 0 Å². The Morgan fingerprint density at radius 1 is 1.64 bits per heavy atom. The normalized spacial score (nSPS) is 23.5. The molecule has 1 aliphatic rings. The number of hydrogen-bond acceptors (Lipinski definition) is 2. The zero-order valence-electron chi connectivity index (χ0n) is 6.43. The van der Waals surface area contributed by atoms with Gasteiger partial charge in [-0.2, -0.15) is 0 Å². The second-order valence-electron chi connectivity index (χ2n) is 2.64. The number of rotatable bonds is 3. The molecule has 1 amide bonds. The van der Waals surface area contributed by atoms with Crippen LogP contribution >= 0.6 is 0 Å². The molecule has 1 fully saturated rings. The van der Waals surface area contributed by atoms with Crippen molar-refractivity contribution in [3.05, 3.63) is 0 Å². The van der Waals surface area contributed by atoms with E-state index in [0.29, 0.717) is 0 Å². The Bertz CT molecular complexity index is 132. The lowest BCUT2D eigenvalue weighted by molar-refractivity contribution is -0.123. The van der Waals surface area contributed by atoms with Crippen LogP contribution in [0.1, 0.15) is 12.8 Å². The molecule has 0 saturated carbocycles. The highest BCUT2D eigenvalue weighted by Gasteiger charge is 2.20. The summed E-state index contributed by atoms with van der Waals surface area (Å²) in [6.45, 7) is 0.922. The van der Waals surface area contributed by atoms with Crippen LogP contribution < -0.4 is 10.6 Å². The standard InChI is InChI=1S/C7H13N2O2/c10-5-4-9-7(11)6-2-1-3-8-6/h6,8H,1-5H2,(H,9,11)/t6-/m1/s1. The molecule has 4 heteroatoms. The predicted molar refractivity (Wildman–Crippen MR) is 39.6 cm³/mol. The summed E-state index contributed by atoms with van der Waals surface area (Å²) < 4.78 is 0. The summed E-state index contributed by atoms with van der Waals surface area (Å²) in [5, 5.41) is 15.6. The van der Waals surface area contributed by atoms with Gasteiger partial charge in [-0.15, -0.1) is 0 Å². The van der Waals surface area contributed by atoms with Crippen LogP contribution in [0.5, 0.6) is 0 Å². The van der Waals surface area contributed by atoms with Crippen molar-refractivity contribution in [3.63, 3.8) is 0 Å². The van der Waals surface area contributed by atoms with Crippen LogP contribution in [0.25, 0.3) is 0 Å². The average molecular weight is 157 g/mol. The second kappa shape index (κ2) is 4.31. The first kappa shape index (κ1) is 8.49. The van der Waals surface area contributed by atoms with E-state index in [1.54, 1.807) is 0 Å². The lowest BCUT2D eigenvalue weighted by Gasteiger charge is -2.08. The van der Waals surface area contributed by atoms with Crippen molar-refractivity contribution < 1.29 is 9.90 Å². The smallest absolute Gasteiger partial charge is 0.237 e. The van der Waals surface area contributed by atoms with Crippen molar-refractivity contribution in [3.8, 4) is 0 Å². The van der Waals surface area contributed by atoms with Gasteiger partial charge in [-0.3, -0.25) is 4.79 Å². The van der Waals surface area contributed by atoms with Gasteiger partial charge in [-0.25, -0.2) is 5.11 Å². The molecule has 0 aromatic carbocycles. The molecule has 0 bridgehead atoms. The molecule has 1 aliphatic heterocycles. The highest BCUT2D eigenvalue weighted by atomic mass is 16.3. The van der Waals surface area contributed by atoms with Gasteiger partial charge >= 0.3 is 0 Å². The molecule has 0 aliphatic carbocycles. The van der Waals surface area contributed by atoms with E-state index in [9.17, 15) is 9.90 Å². The molecule has 11 heavy (non-hydrogen) atoms. The van der Waals surface area contributed by atoms with Crippen LogP contribution in [-0.2, 0) is 9.90 Å². The zero-order chi connectivity index (χ0) is 8.10. The molecule has 0 unspecified atom stereocenters. The molecule has 1 atom stereocenters. The van der Waals surface area contributed by atoms with Gasteiger partial charge in [-0.1, -0.05) is 0 Å². The van der Waals surface area contributed by atoms with E-state index in [1.165, 1.54) is 0 Å². The first-order chi connectivity index (χ1) is 5.34. The predicted octanol–water partition coefficient (Wildman–Crippen LogP) is -0.715. The fourth-order valence-electron chi connectivity index (χ4n) is 1.21. The van der Waals surface area contributed by atoms with E-state index in [2.05, 4.69) is 10.6 Å². The molecular weight excluding hydrogens is 144 g/mol. The third-order valence-corrected chi connectivity index (χ3v) is 1.78. The maximum atomic E-state index is 11.1. The van der Waals surface area contributed by atoms with Crippen LogP contribution in [0.3, 0.4) is 0 Å². The van der Waals surface area contributed by atoms with Gasteiger partial charge in [-0.05, 0) is 19.4 Å². The maximum absolute atomic E-state index is 11.1. The summed E-state index contributed by atoms with van der Waals surface area (Å²) in [6, 6.07) is -0.0541. The van der Waals surface area contributed by atoms with Crippen LogP contribution in [0.2, 0.25) is 0 Å². The molecule has 63 valence electrons. The molecule has 0 aromatic rings. The number of carbonyl (C=O) groups excluding carboxylic acids is 1. The van der Waals surface area contributed by atoms with Gasteiger partial charge in [0.05, 0.1) is 12.6 Å². The summed E-state index contributed by atoms with van der Waals surface area (Å²) in [5.41, 5.74) is 0. The van der Waals surface area contributed by atoms with Gasteiger partial charge < -0.3 is 10.6 Å². The van der Waals surface area contributed by atoms with Crippen molar-refractivity contribution in [2.45, 2.75) is 18.9 Å². The lowest BCUT2D eigenvalue weighted by atomic mass is 10.2. The van der Waals surface area contributed by atoms with E-state index in [1.807, 2.05) is 0 Å². The highest BCUT2D eigenvalue weighted by molar-refractivity contribution is 5.81. The van der Waals surface area contributed by atoms with Crippen LogP contribution in [0.4, 0.5) is 0 Å². The van der Waals surface area contributed by atoms with E-state index >= 15 is 0 Å². The van der Waals surface area contributed by atoms with E-state index in [4.69, 9.17) is 0 Å². The van der Waals surface area contributed by atoms with Crippen molar-refractivity contribution >= 4 is 5.91 Å². The summed E-state index contributed by atoms with van der Waals surface area (Å²) in [7, 11) is 0. The average Bonchev–Trinajstić information content (AvgIpc) is 2.52. The first-order valence-corrected chi connectivity index (χ1v) is 3.94. The summed E-state index contributed by atoms with van der Waals surface area (Å²) in [6.07, 6.45) is 1.94. The number of carbonyl (C=O) groups is 1. The Kier molecular flexibility index (Phi) is 3.32. The first-order valence-electron chi connectivity index (χ1n) is 3.94. The Hall–Kier alpha value is -0.610. The van der Waals surface area contributed by atoms with Crippen LogP contribution in [-0.4, -0.2) is 31.6 Å². The molecule has 1 radical (unpaired) electrons. The van der Waals surface area contributed by atoms with E-state index < -0.39 is 0 Å². The van der Waals surface area contributed by atoms with Crippen molar-refractivity contribution in [1.82, 2.24) is 10.6 Å². The van der Waals surface area contributed by atoms with Gasteiger partial charge in [0.1, 0.15) is 0 Å². The Morgan fingerprint density at radius 2 is 2.45 bits per heavy atom. The Labute approximate surface area is 66.0 Å². The molecule has 1 saturated heterocycles. The third-order valence-electron chi connectivity index (χ3n) is 1.78. The number of hydrogen-bond donors (Lipinski definition) is 2. The van der Waals surface area contributed by atoms with Gasteiger partial charge in [0.2, 0.25) is 5.91 Å². The van der Waals surface area contributed by atoms with Crippen molar-refractivity contribution in [1.29, 1.82) is 0 Å². The molecule has 1 rings (SSSR count). The van der Waals surface area contributed by atoms with Crippen molar-refractivity contribution in [2.24, 2.45) is 0 Å². The van der Waals surface area contributed by atoms with E-state index in [-0.39, 0.29) is 25.1 Å². The SMILES string of the molecule is [O]CCNC(=O)[C@H]1CCCN1. The van der Waals surface area contributed by atoms with Crippen LogP contribution in [0.15, 0.2) is 0 Å². The van der Waals surface area contributed by atoms with Crippen molar-refractivity contribution in [2.75, 3.05) is 19.7 Å². The minimum absolute atomic E-state index is 0.0293. The fraction of sp³-hybridized carbons (Fsp3) is 0.857. The molecule has 1 heterocycles. The third kappa shape index (κ3) is 2.48. The highest BCUT2D eigenvalue weighted by Crippen LogP contribution is 2.03. The quantitative estimate of drug-likeness (QED) is 0.568. The summed E-state index contributed by atoms with van der Waals surface area (Å²) in [5.74, 6) is -0.0293. The molecule has 0 aromatic heterocycles. The Balaban J connectivity index is 2.17. The maximum Gasteiger partial charge on any atom is 0.237 e. The monoisotopic (exact) mass is 157 g/mol. The molecular formula is C7H13N2O2. The molecule has 2 N–H and O–H groups in total. The van der Waals surface area contributed by atoms with E-state index in [0.717, 1.165) is 19.4 Å².